The second kappa shape index (κ2) is 7.59. The topological polar surface area (TPSA) is 43.6 Å². The average Bonchev–Trinajstić information content (AvgIpc) is 3.19. The lowest BCUT2D eigenvalue weighted by Crippen LogP contribution is -1.98. The van der Waals surface area contributed by atoms with Crippen LogP contribution in [0.2, 0.25) is 5.28 Å². The van der Waals surface area contributed by atoms with Gasteiger partial charge in [-0.3, -0.25) is 0 Å². The number of hydrogen-bond acceptors (Lipinski definition) is 3. The van der Waals surface area contributed by atoms with E-state index in [0.717, 1.165) is 38.6 Å². The third-order valence-corrected chi connectivity index (χ3v) is 5.76. The summed E-state index contributed by atoms with van der Waals surface area (Å²) in [5.41, 5.74) is 5.15. The number of halogens is 1. The van der Waals surface area contributed by atoms with E-state index in [9.17, 15) is 0 Å². The fourth-order valence-corrected chi connectivity index (χ4v) is 4.41. The van der Waals surface area contributed by atoms with E-state index in [2.05, 4.69) is 69.1 Å². The van der Waals surface area contributed by atoms with E-state index >= 15 is 0 Å². The quantitative estimate of drug-likeness (QED) is 0.303. The van der Waals surface area contributed by atoms with Gasteiger partial charge in [0.05, 0.1) is 11.0 Å². The first-order chi connectivity index (χ1) is 15.8. The maximum atomic E-state index is 6.35. The summed E-state index contributed by atoms with van der Waals surface area (Å²) in [5.74, 6) is 1.12. The van der Waals surface area contributed by atoms with Crippen molar-refractivity contribution in [3.05, 3.63) is 108 Å². The minimum atomic E-state index is 0.178. The van der Waals surface area contributed by atoms with Crippen LogP contribution >= 0.6 is 11.6 Å². The summed E-state index contributed by atoms with van der Waals surface area (Å²) in [6, 6.07) is 34.8. The average molecular weight is 433 g/mol. The minimum absolute atomic E-state index is 0.178. The molecule has 6 rings (SSSR count). The lowest BCUT2D eigenvalue weighted by molar-refractivity contribution is 1.07. The van der Waals surface area contributed by atoms with Gasteiger partial charge in [0.25, 0.3) is 0 Å². The normalized spacial score (nSPS) is 11.3. The molecule has 0 saturated carbocycles. The van der Waals surface area contributed by atoms with Gasteiger partial charge >= 0.3 is 0 Å². The van der Waals surface area contributed by atoms with Crippen molar-refractivity contribution >= 4 is 33.4 Å². The molecule has 0 fully saturated rings. The summed E-state index contributed by atoms with van der Waals surface area (Å²) in [4.78, 5) is 13.7. The van der Waals surface area contributed by atoms with Crippen LogP contribution in [-0.2, 0) is 0 Å². The molecule has 0 atom stereocenters. The lowest BCUT2D eigenvalue weighted by Gasteiger charge is -2.09. The second-order valence-corrected chi connectivity index (χ2v) is 7.84. The lowest BCUT2D eigenvalue weighted by atomic mass is 10.1. The minimum Gasteiger partial charge on any atom is -0.309 e. The molecule has 0 amide bonds. The van der Waals surface area contributed by atoms with Gasteiger partial charge in [0.2, 0.25) is 5.28 Å². The molecule has 2 heterocycles. The molecular weight excluding hydrogens is 416 g/mol. The molecule has 0 bridgehead atoms. The van der Waals surface area contributed by atoms with Gasteiger partial charge in [-0.2, -0.15) is 9.97 Å². The Morgan fingerprint density at radius 2 is 1.22 bits per heavy atom. The number of benzene rings is 4. The van der Waals surface area contributed by atoms with E-state index in [-0.39, 0.29) is 5.28 Å². The number of fused-ring (bicyclic) bond motifs is 3. The van der Waals surface area contributed by atoms with Gasteiger partial charge < -0.3 is 4.57 Å². The van der Waals surface area contributed by atoms with Gasteiger partial charge in [0, 0.05) is 27.6 Å². The van der Waals surface area contributed by atoms with Crippen molar-refractivity contribution in [2.75, 3.05) is 0 Å². The Morgan fingerprint density at radius 1 is 0.562 bits per heavy atom. The molecule has 6 aromatic rings. The molecular formula is C27H17ClN4. The van der Waals surface area contributed by atoms with Gasteiger partial charge in [0.1, 0.15) is 0 Å². The summed E-state index contributed by atoms with van der Waals surface area (Å²) in [5, 5.41) is 2.41. The third-order valence-electron chi connectivity index (χ3n) is 5.59. The molecule has 0 saturated heterocycles. The smallest absolute Gasteiger partial charge is 0.226 e. The largest absolute Gasteiger partial charge is 0.309 e. The van der Waals surface area contributed by atoms with Gasteiger partial charge in [0.15, 0.2) is 11.6 Å². The summed E-state index contributed by atoms with van der Waals surface area (Å²) < 4.78 is 2.27. The highest BCUT2D eigenvalue weighted by molar-refractivity contribution is 6.28. The molecule has 152 valence electrons. The molecule has 0 aliphatic heterocycles. The van der Waals surface area contributed by atoms with Crippen molar-refractivity contribution in [2.24, 2.45) is 0 Å². The zero-order valence-electron chi connectivity index (χ0n) is 17.0. The summed E-state index contributed by atoms with van der Waals surface area (Å²) in [6.45, 7) is 0. The first-order valence-corrected chi connectivity index (χ1v) is 10.7. The summed E-state index contributed by atoms with van der Waals surface area (Å²) in [7, 11) is 0. The number of rotatable bonds is 3. The summed E-state index contributed by atoms with van der Waals surface area (Å²) >= 11 is 6.35. The van der Waals surface area contributed by atoms with Gasteiger partial charge in [-0.25, -0.2) is 4.98 Å². The molecule has 4 aromatic carbocycles. The second-order valence-electron chi connectivity index (χ2n) is 7.51. The van der Waals surface area contributed by atoms with Crippen LogP contribution in [0.1, 0.15) is 0 Å². The number of aromatic nitrogens is 4. The molecule has 5 heteroatoms. The molecule has 0 aliphatic rings. The highest BCUT2D eigenvalue weighted by atomic mass is 35.5. The van der Waals surface area contributed by atoms with Crippen LogP contribution in [0.15, 0.2) is 103 Å². The first-order valence-electron chi connectivity index (χ1n) is 10.3. The molecule has 0 unspecified atom stereocenters. The number of nitrogens with zero attached hydrogens (tertiary/aromatic N) is 4. The zero-order chi connectivity index (χ0) is 21.5. The zero-order valence-corrected chi connectivity index (χ0v) is 17.7. The molecule has 2 aromatic heterocycles. The van der Waals surface area contributed by atoms with E-state index in [0.29, 0.717) is 11.6 Å². The Labute approximate surface area is 189 Å². The standard InChI is InChI=1S/C27H17ClN4/c28-27-30-25(18-10-3-1-4-11-18)29-26(31-27)21-15-9-17-23-24(21)20-14-7-8-16-22(20)32(23)19-12-5-2-6-13-19/h1-17H. The molecule has 0 radical (unpaired) electrons. The van der Waals surface area contributed by atoms with Crippen LogP contribution < -0.4 is 0 Å². The molecule has 4 nitrogen and oxygen atoms in total. The molecule has 0 aliphatic carbocycles. The van der Waals surface area contributed by atoms with Gasteiger partial charge in [-0.15, -0.1) is 0 Å². The van der Waals surface area contributed by atoms with Crippen LogP contribution in [-0.4, -0.2) is 19.5 Å². The predicted octanol–water partition coefficient (Wildman–Crippen LogP) is 6.96. The summed E-state index contributed by atoms with van der Waals surface area (Å²) in [6.07, 6.45) is 0. The maximum absolute atomic E-state index is 6.35. The number of para-hydroxylation sites is 2. The number of hydrogen-bond donors (Lipinski definition) is 0. The van der Waals surface area contributed by atoms with E-state index in [1.807, 2.05) is 48.5 Å². The Morgan fingerprint density at radius 3 is 2.03 bits per heavy atom. The van der Waals surface area contributed by atoms with Gasteiger partial charge in [-0.05, 0) is 35.9 Å². The maximum Gasteiger partial charge on any atom is 0.226 e. The van der Waals surface area contributed by atoms with Crippen LogP contribution in [0.25, 0.3) is 50.3 Å². The SMILES string of the molecule is Clc1nc(-c2ccccc2)nc(-c2cccc3c2c2ccccc2n3-c2ccccc2)n1. The van der Waals surface area contributed by atoms with E-state index in [4.69, 9.17) is 16.6 Å². The third kappa shape index (κ3) is 3.04. The van der Waals surface area contributed by atoms with Crippen LogP contribution in [0.5, 0.6) is 0 Å². The van der Waals surface area contributed by atoms with Crippen LogP contribution in [0, 0.1) is 0 Å². The highest BCUT2D eigenvalue weighted by Crippen LogP contribution is 2.37. The highest BCUT2D eigenvalue weighted by Gasteiger charge is 2.18. The van der Waals surface area contributed by atoms with E-state index < -0.39 is 0 Å². The Hall–Kier alpha value is -4.02. The molecule has 0 spiro atoms. The Bertz CT molecular complexity index is 1570. The fourth-order valence-electron chi connectivity index (χ4n) is 4.25. The van der Waals surface area contributed by atoms with Crippen LogP contribution in [0.4, 0.5) is 0 Å². The predicted molar refractivity (Wildman–Crippen MR) is 130 cm³/mol. The van der Waals surface area contributed by atoms with Gasteiger partial charge in [-0.1, -0.05) is 78.9 Å². The van der Waals surface area contributed by atoms with Crippen molar-refractivity contribution in [1.29, 1.82) is 0 Å². The van der Waals surface area contributed by atoms with Crippen molar-refractivity contribution < 1.29 is 0 Å². The molecule has 32 heavy (non-hydrogen) atoms. The van der Waals surface area contributed by atoms with Crippen LogP contribution in [0.3, 0.4) is 0 Å². The van der Waals surface area contributed by atoms with E-state index in [1.54, 1.807) is 0 Å². The Balaban J connectivity index is 1.67. The monoisotopic (exact) mass is 432 g/mol. The Kier molecular flexibility index (Phi) is 4.44. The van der Waals surface area contributed by atoms with E-state index in [1.165, 1.54) is 0 Å². The van der Waals surface area contributed by atoms with Crippen molar-refractivity contribution in [3.8, 4) is 28.5 Å². The van der Waals surface area contributed by atoms with Crippen molar-refractivity contribution in [2.45, 2.75) is 0 Å². The van der Waals surface area contributed by atoms with Crippen molar-refractivity contribution in [3.63, 3.8) is 0 Å². The fraction of sp³-hybridized carbons (Fsp3) is 0. The molecule has 0 N–H and O–H groups in total. The van der Waals surface area contributed by atoms with Crippen molar-refractivity contribution in [1.82, 2.24) is 19.5 Å². The first kappa shape index (κ1) is 18.7.